The third kappa shape index (κ3) is 5.69. The first-order chi connectivity index (χ1) is 18.5. The Bertz CT molecular complexity index is 1710. The first-order valence-corrected chi connectivity index (χ1v) is 12.9. The molecule has 4 aromatic rings. The third-order valence-electron chi connectivity index (χ3n) is 5.95. The summed E-state index contributed by atoms with van der Waals surface area (Å²) in [4.78, 5) is 38.5. The number of halogens is 3. The van der Waals surface area contributed by atoms with E-state index in [0.717, 1.165) is 9.25 Å². The number of aliphatic hydroxyl groups excluding tert-OH is 2. The maximum absolute atomic E-state index is 15.5. The number of aliphatic hydroxyl groups is 2. The number of aryl methyl sites for hydroxylation is 1. The molecule has 2 aromatic heterocycles. The molecule has 10 nitrogen and oxygen atoms in total. The number of carbonyl (C=O) groups excluding carboxylic acids is 1. The molecule has 0 bridgehead atoms. The van der Waals surface area contributed by atoms with Crippen LogP contribution in [0.2, 0.25) is 0 Å². The number of aromatic nitrogens is 3. The largest absolute Gasteiger partial charge is 0.394 e. The van der Waals surface area contributed by atoms with Crippen molar-refractivity contribution in [1.82, 2.24) is 14.3 Å². The summed E-state index contributed by atoms with van der Waals surface area (Å²) >= 11 is 1.90. The Balaban J connectivity index is 2.08. The maximum Gasteiger partial charge on any atom is 0.289 e. The number of pyridine rings is 1. The number of fused-ring (bicyclic) bond motifs is 1. The minimum Gasteiger partial charge on any atom is -0.394 e. The highest BCUT2D eigenvalue weighted by Crippen LogP contribution is 2.32. The molecule has 1 atom stereocenters. The van der Waals surface area contributed by atoms with Gasteiger partial charge in [-0.3, -0.25) is 14.4 Å². The van der Waals surface area contributed by atoms with Gasteiger partial charge in [0.2, 0.25) is 11.7 Å². The smallest absolute Gasteiger partial charge is 0.289 e. The summed E-state index contributed by atoms with van der Waals surface area (Å²) in [5, 5.41) is 28.7. The molecule has 4 rings (SSSR count). The third-order valence-corrected chi connectivity index (χ3v) is 6.62. The second-order valence-electron chi connectivity index (χ2n) is 8.68. The Morgan fingerprint density at radius 2 is 1.90 bits per heavy atom. The van der Waals surface area contributed by atoms with E-state index >= 15 is 4.39 Å². The molecular formula is C26H24F2IN5O5. The fraction of sp³-hybridized carbons (Fsp3) is 0.231. The number of rotatable bonds is 8. The van der Waals surface area contributed by atoms with Gasteiger partial charge in [-0.05, 0) is 52.9 Å². The van der Waals surface area contributed by atoms with Gasteiger partial charge in [0.1, 0.15) is 11.5 Å². The van der Waals surface area contributed by atoms with E-state index in [2.05, 4.69) is 15.7 Å². The van der Waals surface area contributed by atoms with Gasteiger partial charge in [-0.1, -0.05) is 19.1 Å². The van der Waals surface area contributed by atoms with E-state index in [1.165, 1.54) is 19.2 Å². The van der Waals surface area contributed by atoms with Crippen LogP contribution in [0.1, 0.15) is 13.3 Å². The SMILES string of the molecule is CCC(=O)Nc1cccc(-c2nn(CC(O)CO)c(=O)c3c(Nc4ccc(I)cc4F)c(F)c(=O)n(C)c23)c1. The van der Waals surface area contributed by atoms with Crippen LogP contribution in [0.3, 0.4) is 0 Å². The van der Waals surface area contributed by atoms with Gasteiger partial charge in [0.15, 0.2) is 0 Å². The number of hydrogen-bond donors (Lipinski definition) is 4. The predicted octanol–water partition coefficient (Wildman–Crippen LogP) is 3.09. The van der Waals surface area contributed by atoms with Crippen molar-refractivity contribution >= 4 is 56.5 Å². The first-order valence-electron chi connectivity index (χ1n) is 11.8. The molecule has 0 aliphatic rings. The highest BCUT2D eigenvalue weighted by molar-refractivity contribution is 14.1. The number of nitrogens with one attached hydrogen (secondary N) is 2. The van der Waals surface area contributed by atoms with Crippen LogP contribution in [0.25, 0.3) is 22.2 Å². The summed E-state index contributed by atoms with van der Waals surface area (Å²) in [6.07, 6.45) is -1.15. The second-order valence-corrected chi connectivity index (χ2v) is 9.93. The van der Waals surface area contributed by atoms with E-state index in [0.29, 0.717) is 14.8 Å². The van der Waals surface area contributed by atoms with Crippen LogP contribution in [-0.4, -0.2) is 43.2 Å². The zero-order valence-electron chi connectivity index (χ0n) is 20.8. The van der Waals surface area contributed by atoms with Crippen molar-refractivity contribution in [3.63, 3.8) is 0 Å². The van der Waals surface area contributed by atoms with Gasteiger partial charge in [0.25, 0.3) is 11.1 Å². The molecule has 0 fully saturated rings. The number of hydrogen-bond acceptors (Lipinski definition) is 7. The predicted molar refractivity (Wildman–Crippen MR) is 151 cm³/mol. The highest BCUT2D eigenvalue weighted by atomic mass is 127. The van der Waals surface area contributed by atoms with Gasteiger partial charge >= 0.3 is 0 Å². The van der Waals surface area contributed by atoms with Crippen molar-refractivity contribution in [2.45, 2.75) is 26.0 Å². The summed E-state index contributed by atoms with van der Waals surface area (Å²) in [7, 11) is 1.27. The Hall–Kier alpha value is -3.69. The molecule has 39 heavy (non-hydrogen) atoms. The lowest BCUT2D eigenvalue weighted by molar-refractivity contribution is -0.115. The Morgan fingerprint density at radius 3 is 2.56 bits per heavy atom. The fourth-order valence-corrected chi connectivity index (χ4v) is 4.44. The first kappa shape index (κ1) is 28.3. The van der Waals surface area contributed by atoms with Gasteiger partial charge in [-0.15, -0.1) is 0 Å². The van der Waals surface area contributed by atoms with Crippen LogP contribution < -0.4 is 21.8 Å². The molecule has 0 saturated heterocycles. The zero-order valence-corrected chi connectivity index (χ0v) is 23.0. The zero-order chi connectivity index (χ0) is 28.4. The molecule has 2 aromatic carbocycles. The molecule has 0 saturated carbocycles. The fourth-order valence-electron chi connectivity index (χ4n) is 3.99. The van der Waals surface area contributed by atoms with Crippen LogP contribution in [-0.2, 0) is 18.4 Å². The lowest BCUT2D eigenvalue weighted by Crippen LogP contribution is -2.34. The van der Waals surface area contributed by atoms with Crippen LogP contribution in [0.4, 0.5) is 25.8 Å². The van der Waals surface area contributed by atoms with Crippen molar-refractivity contribution in [1.29, 1.82) is 0 Å². The lowest BCUT2D eigenvalue weighted by Gasteiger charge is -2.19. The molecule has 0 spiro atoms. The van der Waals surface area contributed by atoms with Gasteiger partial charge in [-0.25, -0.2) is 9.07 Å². The minimum atomic E-state index is -1.38. The van der Waals surface area contributed by atoms with Crippen LogP contribution in [0.15, 0.2) is 52.1 Å². The Labute approximate surface area is 234 Å². The van der Waals surface area contributed by atoms with Crippen molar-refractivity contribution in [2.75, 3.05) is 17.2 Å². The summed E-state index contributed by atoms with van der Waals surface area (Å²) in [5.74, 6) is -2.31. The number of amides is 1. The normalized spacial score (nSPS) is 12.0. The average molecular weight is 651 g/mol. The summed E-state index contributed by atoms with van der Waals surface area (Å²) < 4.78 is 32.5. The quantitative estimate of drug-likeness (QED) is 0.215. The molecule has 1 amide bonds. The molecule has 204 valence electrons. The van der Waals surface area contributed by atoms with Crippen molar-refractivity contribution in [2.24, 2.45) is 7.05 Å². The molecule has 2 heterocycles. The molecular weight excluding hydrogens is 627 g/mol. The molecule has 0 radical (unpaired) electrons. The molecule has 0 aliphatic heterocycles. The number of benzene rings is 2. The Morgan fingerprint density at radius 1 is 1.15 bits per heavy atom. The van der Waals surface area contributed by atoms with Crippen LogP contribution >= 0.6 is 22.6 Å². The second kappa shape index (κ2) is 11.6. The number of carbonyl (C=O) groups is 1. The van der Waals surface area contributed by atoms with Crippen molar-refractivity contribution in [3.8, 4) is 11.3 Å². The van der Waals surface area contributed by atoms with Crippen LogP contribution in [0.5, 0.6) is 0 Å². The van der Waals surface area contributed by atoms with Gasteiger partial charge in [0, 0.05) is 28.3 Å². The molecule has 4 N–H and O–H groups in total. The molecule has 1 unspecified atom stereocenters. The minimum absolute atomic E-state index is 0.0491. The van der Waals surface area contributed by atoms with E-state index in [1.807, 2.05) is 22.6 Å². The summed E-state index contributed by atoms with van der Waals surface area (Å²) in [6.45, 7) is 0.554. The number of anilines is 3. The maximum atomic E-state index is 15.5. The van der Waals surface area contributed by atoms with E-state index in [9.17, 15) is 29.0 Å². The van der Waals surface area contributed by atoms with Crippen LogP contribution in [0, 0.1) is 15.2 Å². The standard InChI is InChI=1S/C26H24F2IN5O5/c1-3-19(37)30-15-6-4-5-13(9-15)22-24-20(25(38)34(32-22)11-16(36)12-35)23(21(28)26(39)33(24)2)31-18-8-7-14(29)10-17(18)27/h4-10,16,31,35-36H,3,11-12H2,1-2H3,(H,30,37). The van der Waals surface area contributed by atoms with E-state index < -0.39 is 47.7 Å². The van der Waals surface area contributed by atoms with E-state index in [1.54, 1.807) is 37.3 Å². The van der Waals surface area contributed by atoms with Gasteiger partial charge in [-0.2, -0.15) is 9.49 Å². The average Bonchev–Trinajstić information content (AvgIpc) is 2.91. The summed E-state index contributed by atoms with van der Waals surface area (Å²) in [5.41, 5.74) is -1.97. The van der Waals surface area contributed by atoms with Gasteiger partial charge < -0.3 is 25.4 Å². The van der Waals surface area contributed by atoms with E-state index in [4.69, 9.17) is 0 Å². The van der Waals surface area contributed by atoms with Gasteiger partial charge in [0.05, 0.1) is 41.5 Å². The molecule has 13 heteroatoms. The van der Waals surface area contributed by atoms with E-state index in [-0.39, 0.29) is 34.6 Å². The highest BCUT2D eigenvalue weighted by Gasteiger charge is 2.25. The number of nitrogens with zero attached hydrogens (tertiary/aromatic N) is 3. The monoisotopic (exact) mass is 651 g/mol. The molecule has 0 aliphatic carbocycles. The van der Waals surface area contributed by atoms with Crippen molar-refractivity contribution < 1.29 is 23.8 Å². The Kier molecular flexibility index (Phi) is 8.42. The summed E-state index contributed by atoms with van der Waals surface area (Å²) in [6, 6.07) is 10.5. The van der Waals surface area contributed by atoms with Crippen molar-refractivity contribution in [3.05, 3.63) is 78.4 Å². The topological polar surface area (TPSA) is 138 Å². The lowest BCUT2D eigenvalue weighted by atomic mass is 10.1.